The zero-order valence-electron chi connectivity index (χ0n) is 23.1. The predicted octanol–water partition coefficient (Wildman–Crippen LogP) is 8.60. The molecule has 2 aromatic carbocycles. The summed E-state index contributed by atoms with van der Waals surface area (Å²) in [6, 6.07) is 6.31. The van der Waals surface area contributed by atoms with Crippen LogP contribution in [-0.4, -0.2) is 5.11 Å². The van der Waals surface area contributed by atoms with E-state index in [9.17, 15) is 9.67 Å². The molecule has 186 valence electrons. The summed E-state index contributed by atoms with van der Waals surface area (Å²) in [5, 5.41) is 11.5. The fourth-order valence-corrected chi connectivity index (χ4v) is 5.14. The van der Waals surface area contributed by atoms with E-state index in [-0.39, 0.29) is 27.4 Å². The molecule has 1 aliphatic rings. The minimum absolute atomic E-state index is 0.0786. The van der Waals surface area contributed by atoms with Gasteiger partial charge in [0.05, 0.1) is 0 Å². The minimum atomic E-state index is -2.48. The van der Waals surface area contributed by atoms with Crippen LogP contribution < -0.4 is 9.05 Å². The summed E-state index contributed by atoms with van der Waals surface area (Å²) in [4.78, 5) is 0. The fourth-order valence-electron chi connectivity index (χ4n) is 4.38. The van der Waals surface area contributed by atoms with Gasteiger partial charge in [0.15, 0.2) is 5.75 Å². The summed E-state index contributed by atoms with van der Waals surface area (Å²) in [6.07, 6.45) is 0.430. The van der Waals surface area contributed by atoms with Gasteiger partial charge in [-0.25, -0.2) is 9.05 Å². The van der Waals surface area contributed by atoms with Crippen LogP contribution >= 0.6 is 8.25 Å². The van der Waals surface area contributed by atoms with Crippen LogP contribution in [0.4, 0.5) is 0 Å². The molecule has 4 nitrogen and oxygen atoms in total. The lowest BCUT2D eigenvalue weighted by atomic mass is 9.76. The molecule has 1 heterocycles. The monoisotopic (exact) mass is 485 g/mol. The summed E-state index contributed by atoms with van der Waals surface area (Å²) >= 11 is 0. The SMILES string of the molecule is CC(C)(C)c1cc2c(c(C(C)(C)C)c1)O[P+](=O)Oc1c(C(C)(C)C)cc(C(C)(C)C)c(O)c1C2. The largest absolute Gasteiger partial charge is 0.805 e. The predicted molar refractivity (Wildman–Crippen MR) is 141 cm³/mol. The molecule has 2 aromatic rings. The Balaban J connectivity index is 2.44. The lowest BCUT2D eigenvalue weighted by molar-refractivity contribution is 0.386. The average molecular weight is 486 g/mol. The van der Waals surface area contributed by atoms with Gasteiger partial charge in [-0.3, -0.25) is 0 Å². The topological polar surface area (TPSA) is 55.8 Å². The van der Waals surface area contributed by atoms with E-state index in [0.717, 1.165) is 22.3 Å². The molecule has 5 heteroatoms. The van der Waals surface area contributed by atoms with E-state index in [2.05, 4.69) is 95.2 Å². The van der Waals surface area contributed by atoms with Crippen molar-refractivity contribution in [3.8, 4) is 17.2 Å². The maximum atomic E-state index is 13.2. The van der Waals surface area contributed by atoms with Crippen molar-refractivity contribution in [3.05, 3.63) is 51.6 Å². The van der Waals surface area contributed by atoms with E-state index in [4.69, 9.17) is 9.05 Å². The second-order valence-corrected chi connectivity index (χ2v) is 14.5. The van der Waals surface area contributed by atoms with Gasteiger partial charge in [0, 0.05) is 38.8 Å². The van der Waals surface area contributed by atoms with Gasteiger partial charge >= 0.3 is 8.25 Å². The van der Waals surface area contributed by atoms with Crippen LogP contribution in [0.5, 0.6) is 17.2 Å². The maximum absolute atomic E-state index is 13.2. The van der Waals surface area contributed by atoms with Crippen LogP contribution in [0.3, 0.4) is 0 Å². The zero-order valence-corrected chi connectivity index (χ0v) is 24.0. The quantitative estimate of drug-likeness (QED) is 0.380. The molecule has 0 spiro atoms. The van der Waals surface area contributed by atoms with Gasteiger partial charge < -0.3 is 5.11 Å². The molecule has 0 saturated carbocycles. The van der Waals surface area contributed by atoms with Crippen molar-refractivity contribution in [2.45, 2.75) is 111 Å². The van der Waals surface area contributed by atoms with E-state index in [0.29, 0.717) is 23.5 Å². The molecule has 1 unspecified atom stereocenters. The Labute approximate surface area is 207 Å². The fraction of sp³-hybridized carbons (Fsp3) is 0.586. The van der Waals surface area contributed by atoms with Crippen molar-refractivity contribution in [1.29, 1.82) is 0 Å². The van der Waals surface area contributed by atoms with Crippen LogP contribution in [0.25, 0.3) is 0 Å². The average Bonchev–Trinajstić information content (AvgIpc) is 2.59. The molecule has 1 atom stereocenters. The molecule has 3 rings (SSSR count). The lowest BCUT2D eigenvalue weighted by Gasteiger charge is -2.30. The molecule has 1 aliphatic heterocycles. The Bertz CT molecular complexity index is 1130. The Kier molecular flexibility index (Phi) is 6.45. The zero-order chi connectivity index (χ0) is 26.0. The van der Waals surface area contributed by atoms with Crippen LogP contribution in [0.1, 0.15) is 116 Å². The van der Waals surface area contributed by atoms with Gasteiger partial charge in [0.25, 0.3) is 0 Å². The molecular weight excluding hydrogens is 443 g/mol. The second kappa shape index (κ2) is 8.26. The number of benzene rings is 2. The first-order valence-electron chi connectivity index (χ1n) is 12.1. The summed E-state index contributed by atoms with van der Waals surface area (Å²) < 4.78 is 25.2. The number of rotatable bonds is 0. The van der Waals surface area contributed by atoms with Crippen LogP contribution in [0, 0.1) is 0 Å². The Morgan fingerprint density at radius 2 is 1.15 bits per heavy atom. The highest BCUT2D eigenvalue weighted by Gasteiger charge is 2.40. The van der Waals surface area contributed by atoms with E-state index >= 15 is 0 Å². The molecule has 0 aliphatic carbocycles. The molecule has 0 amide bonds. The Hall–Kier alpha value is -2.06. The Morgan fingerprint density at radius 3 is 1.62 bits per heavy atom. The normalized spacial score (nSPS) is 16.1. The van der Waals surface area contributed by atoms with Crippen molar-refractivity contribution in [2.24, 2.45) is 0 Å². The molecule has 0 radical (unpaired) electrons. The van der Waals surface area contributed by atoms with Crippen molar-refractivity contribution in [2.75, 3.05) is 0 Å². The molecule has 0 fully saturated rings. The van der Waals surface area contributed by atoms with Crippen molar-refractivity contribution in [3.63, 3.8) is 0 Å². The van der Waals surface area contributed by atoms with Crippen molar-refractivity contribution >= 4 is 8.25 Å². The number of phenols is 1. The van der Waals surface area contributed by atoms with Crippen molar-refractivity contribution < 1.29 is 18.7 Å². The number of aromatic hydroxyl groups is 1. The third-order valence-electron chi connectivity index (χ3n) is 6.50. The first kappa shape index (κ1) is 26.5. The molecule has 0 saturated heterocycles. The summed E-state index contributed by atoms with van der Waals surface area (Å²) in [5.41, 5.74) is 4.70. The first-order chi connectivity index (χ1) is 15.2. The second-order valence-electron chi connectivity index (χ2n) is 13.7. The lowest BCUT2D eigenvalue weighted by Crippen LogP contribution is -2.21. The number of fused-ring (bicyclic) bond motifs is 2. The molecule has 0 aromatic heterocycles. The summed E-state index contributed by atoms with van der Waals surface area (Å²) in [6.45, 7) is 25.6. The number of hydrogen-bond acceptors (Lipinski definition) is 4. The molecule has 1 N–H and O–H groups in total. The highest BCUT2D eigenvalue weighted by atomic mass is 31.1. The first-order valence-corrected chi connectivity index (χ1v) is 13.2. The summed E-state index contributed by atoms with van der Waals surface area (Å²) in [5.74, 6) is 1.29. The minimum Gasteiger partial charge on any atom is -0.507 e. The molecule has 0 bridgehead atoms. The van der Waals surface area contributed by atoms with Gasteiger partial charge in [-0.2, -0.15) is 0 Å². The molecule has 34 heavy (non-hydrogen) atoms. The number of phenolic OH excluding ortho intramolecular Hbond substituents is 1. The highest BCUT2D eigenvalue weighted by molar-refractivity contribution is 7.34. The van der Waals surface area contributed by atoms with Crippen LogP contribution in [0.2, 0.25) is 0 Å². The summed E-state index contributed by atoms with van der Waals surface area (Å²) in [7, 11) is -2.48. The number of hydrogen-bond donors (Lipinski definition) is 1. The van der Waals surface area contributed by atoms with Gasteiger partial charge in [0.1, 0.15) is 5.75 Å². The standard InChI is InChI=1S/C29H41O4P/c1-26(2,3)18-13-17-14-19-23(30)20(27(4,5)6)16-22(29(10,11)12)25(19)33-34(31)32-24(17)21(15-18)28(7,8)9/h13,15-16H,14H2,1-12H3/p+1. The van der Waals surface area contributed by atoms with Crippen LogP contribution in [0.15, 0.2) is 18.2 Å². The van der Waals surface area contributed by atoms with E-state index in [1.807, 2.05) is 6.07 Å². The van der Waals surface area contributed by atoms with Gasteiger partial charge in [0.2, 0.25) is 5.75 Å². The van der Waals surface area contributed by atoms with Gasteiger partial charge in [-0.15, -0.1) is 0 Å². The highest BCUT2D eigenvalue weighted by Crippen LogP contribution is 2.52. The van der Waals surface area contributed by atoms with Gasteiger partial charge in [-0.1, -0.05) is 95.2 Å². The van der Waals surface area contributed by atoms with E-state index < -0.39 is 8.25 Å². The third kappa shape index (κ3) is 5.13. The van der Waals surface area contributed by atoms with E-state index in [1.165, 1.54) is 5.56 Å². The van der Waals surface area contributed by atoms with E-state index in [1.54, 1.807) is 0 Å². The van der Waals surface area contributed by atoms with Crippen LogP contribution in [-0.2, 0) is 32.6 Å². The Morgan fingerprint density at radius 1 is 0.676 bits per heavy atom. The maximum Gasteiger partial charge on any atom is 0.805 e. The van der Waals surface area contributed by atoms with Crippen molar-refractivity contribution in [1.82, 2.24) is 0 Å². The third-order valence-corrected chi connectivity index (χ3v) is 7.17. The smallest absolute Gasteiger partial charge is 0.507 e. The molecular formula is C29H42O4P+. The van der Waals surface area contributed by atoms with Gasteiger partial charge in [-0.05, 0) is 33.3 Å².